The van der Waals surface area contributed by atoms with Crippen LogP contribution in [-0.4, -0.2) is 29.7 Å². The van der Waals surface area contributed by atoms with Crippen LogP contribution in [0.4, 0.5) is 4.79 Å². The number of carbonyl (C=O) groups is 1. The van der Waals surface area contributed by atoms with Crippen molar-refractivity contribution in [3.05, 3.63) is 13.8 Å². The number of nitrogens with zero attached hydrogens (tertiary/aromatic N) is 1. The van der Waals surface area contributed by atoms with Crippen LogP contribution in [0.1, 0.15) is 20.8 Å². The molecule has 0 aliphatic carbocycles. The van der Waals surface area contributed by atoms with Gasteiger partial charge in [0.15, 0.2) is 0 Å². The third-order valence-electron chi connectivity index (χ3n) is 1.19. The van der Waals surface area contributed by atoms with E-state index in [1.807, 2.05) is 20.8 Å². The van der Waals surface area contributed by atoms with Crippen molar-refractivity contribution in [3.8, 4) is 0 Å². The number of hydrogen-bond acceptors (Lipinski definition) is 2. The molecule has 0 aromatic heterocycles. The molecule has 13 heavy (non-hydrogen) atoms. The first-order valence-electron chi connectivity index (χ1n) is 3.97. The van der Waals surface area contributed by atoms with E-state index in [2.05, 4.69) is 13.8 Å². The molecule has 76 valence electrons. The van der Waals surface area contributed by atoms with Crippen LogP contribution in [0.3, 0.4) is 0 Å². The molecular formula is C9H17NO2W. The number of carbonyl (C=O) groups excluding carboxylic acids is 1. The van der Waals surface area contributed by atoms with Crippen molar-refractivity contribution < 1.29 is 30.6 Å². The van der Waals surface area contributed by atoms with Crippen LogP contribution in [0.2, 0.25) is 0 Å². The van der Waals surface area contributed by atoms with E-state index in [1.54, 1.807) is 0 Å². The maximum atomic E-state index is 11.2. The zero-order valence-corrected chi connectivity index (χ0v) is 11.4. The van der Waals surface area contributed by atoms with Gasteiger partial charge in [-0.05, 0) is 20.8 Å². The molecule has 0 aromatic carbocycles. The molecule has 4 heteroatoms. The summed E-state index contributed by atoms with van der Waals surface area (Å²) < 4.78 is 5.09. The van der Waals surface area contributed by atoms with Crippen LogP contribution >= 0.6 is 0 Å². The molecule has 0 N–H and O–H groups in total. The van der Waals surface area contributed by atoms with Crippen molar-refractivity contribution in [3.63, 3.8) is 0 Å². The van der Waals surface area contributed by atoms with Crippen molar-refractivity contribution in [1.29, 1.82) is 0 Å². The van der Waals surface area contributed by atoms with E-state index in [9.17, 15) is 4.79 Å². The van der Waals surface area contributed by atoms with Gasteiger partial charge in [0.05, 0.1) is 0 Å². The molecule has 0 atom stereocenters. The summed E-state index contributed by atoms with van der Waals surface area (Å²) in [7, 11) is 0. The molecule has 0 radical (unpaired) electrons. The van der Waals surface area contributed by atoms with Crippen molar-refractivity contribution in [2.75, 3.05) is 13.1 Å². The molecule has 0 saturated carbocycles. The van der Waals surface area contributed by atoms with E-state index >= 15 is 0 Å². The summed E-state index contributed by atoms with van der Waals surface area (Å²) in [6.07, 6.45) is -0.354. The van der Waals surface area contributed by atoms with Crippen molar-refractivity contribution >= 4 is 6.09 Å². The molecule has 0 aromatic rings. The maximum absolute atomic E-state index is 11.2. The first-order chi connectivity index (χ1) is 5.40. The van der Waals surface area contributed by atoms with Gasteiger partial charge in [-0.25, -0.2) is 4.79 Å². The summed E-state index contributed by atoms with van der Waals surface area (Å²) in [6, 6.07) is 0. The largest absolute Gasteiger partial charge is 2.00 e. The number of hydrogen-bond donors (Lipinski definition) is 0. The zero-order chi connectivity index (χ0) is 9.78. The van der Waals surface area contributed by atoms with E-state index in [0.29, 0.717) is 13.1 Å². The molecular weight excluding hydrogens is 338 g/mol. The second kappa shape index (κ2) is 6.42. The van der Waals surface area contributed by atoms with Gasteiger partial charge in [0.2, 0.25) is 0 Å². The normalized spacial score (nSPS) is 10.2. The average molecular weight is 355 g/mol. The number of amides is 1. The third-order valence-corrected chi connectivity index (χ3v) is 1.19. The van der Waals surface area contributed by atoms with Gasteiger partial charge in [-0.1, -0.05) is 0 Å². The van der Waals surface area contributed by atoms with Crippen LogP contribution in [0, 0.1) is 13.8 Å². The van der Waals surface area contributed by atoms with Gasteiger partial charge in [-0.2, -0.15) is 0 Å². The summed E-state index contributed by atoms with van der Waals surface area (Å²) in [5.41, 5.74) is -0.445. The predicted molar refractivity (Wildman–Crippen MR) is 48.5 cm³/mol. The van der Waals surface area contributed by atoms with Gasteiger partial charge in [-0.3, -0.25) is 0 Å². The summed E-state index contributed by atoms with van der Waals surface area (Å²) in [6.45, 7) is 13.4. The SMILES string of the molecule is [CH2-]CN(C[CH2-])C(=O)OC(C)(C)C.[W+2]. The van der Waals surface area contributed by atoms with E-state index in [1.165, 1.54) is 4.90 Å². The first-order valence-corrected chi connectivity index (χ1v) is 3.97. The van der Waals surface area contributed by atoms with Crippen LogP contribution in [0.15, 0.2) is 0 Å². The van der Waals surface area contributed by atoms with Gasteiger partial charge in [0.1, 0.15) is 5.60 Å². The molecule has 1 amide bonds. The Hall–Kier alpha value is -0.0417. The third kappa shape index (κ3) is 7.06. The Morgan fingerprint density at radius 3 is 1.92 bits per heavy atom. The fraction of sp³-hybridized carbons (Fsp3) is 0.667. The van der Waals surface area contributed by atoms with Gasteiger partial charge in [0, 0.05) is 0 Å². The Kier molecular flexibility index (Phi) is 7.62. The Morgan fingerprint density at radius 1 is 1.31 bits per heavy atom. The van der Waals surface area contributed by atoms with Crippen molar-refractivity contribution in [1.82, 2.24) is 4.90 Å². The van der Waals surface area contributed by atoms with Crippen LogP contribution in [0.25, 0.3) is 0 Å². The number of rotatable bonds is 2. The first kappa shape index (κ1) is 15.4. The minimum atomic E-state index is -0.445. The summed E-state index contributed by atoms with van der Waals surface area (Å²) in [5.74, 6) is 0. The Labute approximate surface area is 95.1 Å². The van der Waals surface area contributed by atoms with Gasteiger partial charge >= 0.3 is 27.2 Å². The monoisotopic (exact) mass is 355 g/mol. The minimum Gasteiger partial charge on any atom is -0.444 e. The van der Waals surface area contributed by atoms with Crippen LogP contribution in [0.5, 0.6) is 0 Å². The number of ether oxygens (including phenoxy) is 1. The second-order valence-electron chi connectivity index (χ2n) is 3.47. The molecule has 0 fully saturated rings. The van der Waals surface area contributed by atoms with E-state index in [4.69, 9.17) is 4.74 Å². The van der Waals surface area contributed by atoms with E-state index < -0.39 is 5.60 Å². The maximum Gasteiger partial charge on any atom is 2.00 e. The standard InChI is InChI=1S/C9H17NO2.W/c1-6-10(7-2)8(11)12-9(3,4)5;/h1-2,6-7H2,3-5H3;/q-2;+2. The summed E-state index contributed by atoms with van der Waals surface area (Å²) in [4.78, 5) is 12.7. The fourth-order valence-corrected chi connectivity index (χ4v) is 0.621. The molecule has 0 spiro atoms. The molecule has 0 unspecified atom stereocenters. The molecule has 0 aliphatic heterocycles. The Morgan fingerprint density at radius 2 is 1.69 bits per heavy atom. The van der Waals surface area contributed by atoms with Gasteiger partial charge < -0.3 is 23.5 Å². The van der Waals surface area contributed by atoms with Crippen LogP contribution < -0.4 is 0 Å². The zero-order valence-electron chi connectivity index (χ0n) is 8.50. The van der Waals surface area contributed by atoms with E-state index in [-0.39, 0.29) is 27.2 Å². The molecule has 0 rings (SSSR count). The van der Waals surface area contributed by atoms with Crippen molar-refractivity contribution in [2.24, 2.45) is 0 Å². The minimum absolute atomic E-state index is 0. The molecule has 3 nitrogen and oxygen atoms in total. The molecule has 0 aliphatic rings. The van der Waals surface area contributed by atoms with Crippen LogP contribution in [-0.2, 0) is 25.8 Å². The molecule has 0 heterocycles. The topological polar surface area (TPSA) is 29.5 Å². The predicted octanol–water partition coefficient (Wildman–Crippen LogP) is 1.89. The average Bonchev–Trinajstić information content (AvgIpc) is 1.85. The Balaban J connectivity index is 0. The smallest absolute Gasteiger partial charge is 0.444 e. The fourth-order valence-electron chi connectivity index (χ4n) is 0.621. The Bertz CT molecular complexity index is 150. The van der Waals surface area contributed by atoms with Crippen molar-refractivity contribution in [2.45, 2.75) is 26.4 Å². The quantitative estimate of drug-likeness (QED) is 0.709. The molecule has 0 bridgehead atoms. The summed E-state index contributed by atoms with van der Waals surface area (Å²) >= 11 is 0. The van der Waals surface area contributed by atoms with Gasteiger partial charge in [0.25, 0.3) is 0 Å². The summed E-state index contributed by atoms with van der Waals surface area (Å²) in [5, 5.41) is 0. The second-order valence-corrected chi connectivity index (χ2v) is 3.47. The van der Waals surface area contributed by atoms with Gasteiger partial charge in [-0.15, -0.1) is 13.1 Å². The molecule has 0 saturated heterocycles. The van der Waals surface area contributed by atoms with E-state index in [0.717, 1.165) is 0 Å².